The Morgan fingerprint density at radius 2 is 1.86 bits per heavy atom. The molecule has 0 bridgehead atoms. The molecule has 0 amide bonds. The molecule has 6 nitrogen and oxygen atoms in total. The Labute approximate surface area is 170 Å². The first-order chi connectivity index (χ1) is 13.8. The lowest BCUT2D eigenvalue weighted by atomic mass is 10.1. The average Bonchev–Trinajstić information content (AvgIpc) is 2.72. The van der Waals surface area contributed by atoms with Gasteiger partial charge in [0.2, 0.25) is 0 Å². The molecule has 1 aliphatic rings. The molecule has 0 saturated carbocycles. The Morgan fingerprint density at radius 1 is 1.17 bits per heavy atom. The molecule has 1 heterocycles. The molecule has 29 heavy (non-hydrogen) atoms. The van der Waals surface area contributed by atoms with Crippen molar-refractivity contribution in [2.24, 2.45) is 10.1 Å². The summed E-state index contributed by atoms with van der Waals surface area (Å²) in [5, 5.41) is 3.69. The number of aliphatic imine (C=N–C) groups is 1. The number of hydrogen-bond acceptors (Lipinski definition) is 6. The Kier molecular flexibility index (Phi) is 6.12. The number of rotatable bonds is 6. The molecule has 0 fully saturated rings. The zero-order valence-electron chi connectivity index (χ0n) is 16.5. The number of nitrogens with one attached hydrogen (secondary N) is 1. The molecule has 0 saturated heterocycles. The van der Waals surface area contributed by atoms with Crippen LogP contribution in [0.3, 0.4) is 0 Å². The minimum Gasteiger partial charge on any atom is -0.325 e. The fraction of sp³-hybridized carbons (Fsp3) is 0.238. The van der Waals surface area contributed by atoms with E-state index in [1.165, 1.54) is 6.07 Å². The maximum atomic E-state index is 13.9. The Bertz CT molecular complexity index is 1090. The number of para-hydroxylation sites is 1. The van der Waals surface area contributed by atoms with Crippen LogP contribution < -0.4 is 10.3 Å². The SMILES string of the molecule is C/C(=N\NC1=CN(c2ccccc2S(=O)(=O)C(C)C)CN=C1)c1ccccc1F. The van der Waals surface area contributed by atoms with E-state index in [9.17, 15) is 12.8 Å². The van der Waals surface area contributed by atoms with Gasteiger partial charge in [-0.1, -0.05) is 30.3 Å². The molecule has 2 aromatic carbocycles. The average molecular weight is 415 g/mol. The summed E-state index contributed by atoms with van der Waals surface area (Å²) in [6.45, 7) is 5.30. The van der Waals surface area contributed by atoms with E-state index in [2.05, 4.69) is 15.5 Å². The van der Waals surface area contributed by atoms with Crippen LogP contribution in [0.2, 0.25) is 0 Å². The van der Waals surface area contributed by atoms with Crippen molar-refractivity contribution < 1.29 is 12.8 Å². The molecule has 1 N–H and O–H groups in total. The van der Waals surface area contributed by atoms with Crippen LogP contribution in [0.4, 0.5) is 10.1 Å². The molecular weight excluding hydrogens is 391 g/mol. The molecular formula is C21H23FN4O2S. The Balaban J connectivity index is 1.87. The van der Waals surface area contributed by atoms with Crippen molar-refractivity contribution >= 4 is 27.5 Å². The van der Waals surface area contributed by atoms with Gasteiger partial charge in [0.15, 0.2) is 9.84 Å². The maximum Gasteiger partial charge on any atom is 0.182 e. The summed E-state index contributed by atoms with van der Waals surface area (Å²) < 4.78 is 39.3. The normalized spacial score (nSPS) is 14.9. The second kappa shape index (κ2) is 8.57. The third kappa shape index (κ3) is 4.54. The van der Waals surface area contributed by atoms with Gasteiger partial charge < -0.3 is 4.90 Å². The molecule has 0 spiro atoms. The van der Waals surface area contributed by atoms with E-state index in [1.54, 1.807) is 80.6 Å². The van der Waals surface area contributed by atoms with E-state index in [1.807, 2.05) is 0 Å². The molecule has 1 aliphatic heterocycles. The van der Waals surface area contributed by atoms with Crippen molar-refractivity contribution in [1.82, 2.24) is 5.43 Å². The van der Waals surface area contributed by atoms with E-state index in [-0.39, 0.29) is 17.4 Å². The number of anilines is 1. The first-order valence-corrected chi connectivity index (χ1v) is 10.7. The van der Waals surface area contributed by atoms with Crippen molar-refractivity contribution in [3.05, 3.63) is 71.8 Å². The minimum atomic E-state index is -3.45. The highest BCUT2D eigenvalue weighted by Gasteiger charge is 2.25. The highest BCUT2D eigenvalue weighted by molar-refractivity contribution is 7.92. The molecule has 0 atom stereocenters. The van der Waals surface area contributed by atoms with Gasteiger partial charge in [-0.25, -0.2) is 12.8 Å². The summed E-state index contributed by atoms with van der Waals surface area (Å²) in [5.41, 5.74) is 4.86. The second-order valence-electron chi connectivity index (χ2n) is 6.86. The number of benzene rings is 2. The first-order valence-electron chi connectivity index (χ1n) is 9.17. The third-order valence-corrected chi connectivity index (χ3v) is 6.68. The number of halogens is 1. The second-order valence-corrected chi connectivity index (χ2v) is 9.33. The van der Waals surface area contributed by atoms with Crippen LogP contribution in [0.5, 0.6) is 0 Å². The third-order valence-electron chi connectivity index (χ3n) is 4.48. The summed E-state index contributed by atoms with van der Waals surface area (Å²) in [5.74, 6) is -0.351. The number of hydrazone groups is 1. The summed E-state index contributed by atoms with van der Waals surface area (Å²) in [6, 6.07) is 13.2. The van der Waals surface area contributed by atoms with E-state index < -0.39 is 15.1 Å². The smallest absolute Gasteiger partial charge is 0.182 e. The van der Waals surface area contributed by atoms with Crippen LogP contribution >= 0.6 is 0 Å². The number of allylic oxidation sites excluding steroid dienone is 1. The van der Waals surface area contributed by atoms with Crippen LogP contribution in [0.25, 0.3) is 0 Å². The van der Waals surface area contributed by atoms with E-state index in [0.717, 1.165) is 0 Å². The molecule has 0 aliphatic carbocycles. The highest BCUT2D eigenvalue weighted by Crippen LogP contribution is 2.29. The zero-order chi connectivity index (χ0) is 21.0. The van der Waals surface area contributed by atoms with Gasteiger partial charge in [0.05, 0.1) is 33.5 Å². The Hall–Kier alpha value is -3.00. The standard InChI is InChI=1S/C21H23FN4O2S/c1-15(2)29(27,28)21-11-7-6-10-20(21)26-13-17(12-23-14-26)25-24-16(3)18-8-4-5-9-19(18)22/h4-13,15,25H,14H2,1-3H3/b24-16+. The lowest BCUT2D eigenvalue weighted by molar-refractivity contribution is 0.587. The monoisotopic (exact) mass is 414 g/mol. The highest BCUT2D eigenvalue weighted by atomic mass is 32.2. The van der Waals surface area contributed by atoms with E-state index in [0.29, 0.717) is 22.7 Å². The summed E-state index contributed by atoms with van der Waals surface area (Å²) in [7, 11) is -3.45. The lowest BCUT2D eigenvalue weighted by Crippen LogP contribution is -2.27. The van der Waals surface area contributed by atoms with Gasteiger partial charge in [0.25, 0.3) is 0 Å². The van der Waals surface area contributed by atoms with Gasteiger partial charge in [-0.05, 0) is 39.0 Å². The first kappa shape index (κ1) is 20.7. The molecule has 2 aromatic rings. The molecule has 0 radical (unpaired) electrons. The summed E-state index contributed by atoms with van der Waals surface area (Å²) >= 11 is 0. The Morgan fingerprint density at radius 3 is 2.59 bits per heavy atom. The topological polar surface area (TPSA) is 74.1 Å². The zero-order valence-corrected chi connectivity index (χ0v) is 17.3. The largest absolute Gasteiger partial charge is 0.325 e. The van der Waals surface area contributed by atoms with Gasteiger partial charge >= 0.3 is 0 Å². The fourth-order valence-corrected chi connectivity index (χ4v) is 4.08. The van der Waals surface area contributed by atoms with Gasteiger partial charge in [-0.2, -0.15) is 5.10 Å². The van der Waals surface area contributed by atoms with Crippen molar-refractivity contribution in [2.45, 2.75) is 30.9 Å². The molecule has 152 valence electrons. The maximum absolute atomic E-state index is 13.9. The quantitative estimate of drug-likeness (QED) is 0.578. The molecule has 3 rings (SSSR count). The molecule has 8 heteroatoms. The minimum absolute atomic E-state index is 0.258. The van der Waals surface area contributed by atoms with Crippen LogP contribution in [-0.2, 0) is 9.84 Å². The van der Waals surface area contributed by atoms with Gasteiger partial charge in [-0.3, -0.25) is 10.4 Å². The molecule has 0 aromatic heterocycles. The van der Waals surface area contributed by atoms with Gasteiger partial charge in [0, 0.05) is 11.8 Å². The van der Waals surface area contributed by atoms with Crippen LogP contribution in [0, 0.1) is 5.82 Å². The molecule has 0 unspecified atom stereocenters. The van der Waals surface area contributed by atoms with Crippen LogP contribution in [0.1, 0.15) is 26.3 Å². The summed E-state index contributed by atoms with van der Waals surface area (Å²) in [4.78, 5) is 6.28. The van der Waals surface area contributed by atoms with Crippen molar-refractivity contribution in [1.29, 1.82) is 0 Å². The predicted octanol–water partition coefficient (Wildman–Crippen LogP) is 3.71. The van der Waals surface area contributed by atoms with Crippen molar-refractivity contribution in [3.63, 3.8) is 0 Å². The van der Waals surface area contributed by atoms with Crippen LogP contribution in [-0.4, -0.2) is 32.3 Å². The van der Waals surface area contributed by atoms with Gasteiger partial charge in [-0.15, -0.1) is 0 Å². The number of sulfone groups is 1. The predicted molar refractivity (Wildman–Crippen MR) is 114 cm³/mol. The number of nitrogens with zero attached hydrogens (tertiary/aromatic N) is 3. The summed E-state index contributed by atoms with van der Waals surface area (Å²) in [6.07, 6.45) is 3.34. The van der Waals surface area contributed by atoms with E-state index >= 15 is 0 Å². The van der Waals surface area contributed by atoms with Crippen molar-refractivity contribution in [3.8, 4) is 0 Å². The fourth-order valence-electron chi connectivity index (χ4n) is 2.82. The lowest BCUT2D eigenvalue weighted by Gasteiger charge is -2.25. The number of hydrogen-bond donors (Lipinski definition) is 1. The van der Waals surface area contributed by atoms with E-state index in [4.69, 9.17) is 0 Å². The van der Waals surface area contributed by atoms with Gasteiger partial charge in [0.1, 0.15) is 12.5 Å². The van der Waals surface area contributed by atoms with Crippen LogP contribution in [0.15, 0.2) is 75.4 Å². The van der Waals surface area contributed by atoms with Crippen molar-refractivity contribution in [2.75, 3.05) is 11.6 Å².